The summed E-state index contributed by atoms with van der Waals surface area (Å²) in [5.41, 5.74) is 5.19. The quantitative estimate of drug-likeness (QED) is 0.236. The van der Waals surface area contributed by atoms with Gasteiger partial charge in [0.1, 0.15) is 24.6 Å². The van der Waals surface area contributed by atoms with E-state index < -0.39 is 31.1 Å². The molecule has 1 aliphatic heterocycles. The van der Waals surface area contributed by atoms with Crippen LogP contribution in [0.4, 0.5) is 0 Å². The van der Waals surface area contributed by atoms with Crippen molar-refractivity contribution >= 4 is 18.2 Å². The average Bonchev–Trinajstić information content (AvgIpc) is 2.87. The Labute approximate surface area is 108 Å². The Morgan fingerprint density at radius 2 is 2.17 bits per heavy atom. The molecule has 10 heteroatoms. The standard InChI is InChI=1S/C8H13N5O4.ClH/c9-6(10)7-11-2-13(12-7)8-5(16)4(15)3(1-14)17-8;/h2-5,8,14-16H,1H2,(H3,9,10);1H/t3-,4?,5+,8-;/m1./s1/i1+1,3+1,4+1,5+1,8+1;. The van der Waals surface area contributed by atoms with Crippen molar-refractivity contribution in [3.8, 4) is 0 Å². The molecule has 0 aromatic carbocycles. The van der Waals surface area contributed by atoms with Gasteiger partial charge in [0.05, 0.1) is 6.61 Å². The maximum atomic E-state index is 9.70. The Bertz CT molecular complexity index is 427. The fourth-order valence-electron chi connectivity index (χ4n) is 1.62. The number of halogens is 1. The Balaban J connectivity index is 0.00000162. The van der Waals surface area contributed by atoms with E-state index >= 15 is 0 Å². The summed E-state index contributed by atoms with van der Waals surface area (Å²) in [6.45, 7) is -0.414. The first-order chi connectivity index (χ1) is 8.04. The van der Waals surface area contributed by atoms with E-state index in [9.17, 15) is 10.2 Å². The first-order valence-corrected chi connectivity index (χ1v) is 4.92. The molecule has 1 aromatic heterocycles. The predicted octanol–water partition coefficient (Wildman–Crippen LogP) is -2.40. The molecule has 2 heterocycles. The van der Waals surface area contributed by atoms with Crippen molar-refractivity contribution < 1.29 is 20.1 Å². The van der Waals surface area contributed by atoms with Crippen molar-refractivity contribution in [2.45, 2.75) is 24.5 Å². The lowest BCUT2D eigenvalue weighted by Crippen LogP contribution is -2.33. The lowest BCUT2D eigenvalue weighted by Gasteiger charge is -2.13. The molecule has 2 rings (SSSR count). The molecule has 4 atom stereocenters. The number of nitrogens with zero attached hydrogens (tertiary/aromatic N) is 3. The molecule has 1 saturated heterocycles. The van der Waals surface area contributed by atoms with Gasteiger partial charge in [0.15, 0.2) is 12.1 Å². The number of aromatic nitrogens is 3. The zero-order chi connectivity index (χ0) is 12.6. The van der Waals surface area contributed by atoms with Crippen LogP contribution >= 0.6 is 12.4 Å². The Hall–Kier alpha value is -1.26. The number of hydrogen-bond acceptors (Lipinski definition) is 7. The minimum atomic E-state index is -1.23. The van der Waals surface area contributed by atoms with Crippen LogP contribution in [0.15, 0.2) is 6.33 Å². The number of rotatable bonds is 3. The molecule has 1 aliphatic rings. The number of aliphatic hydroxyl groups excluding tert-OH is 3. The highest BCUT2D eigenvalue weighted by atomic mass is 35.5. The summed E-state index contributed by atoms with van der Waals surface area (Å²) in [7, 11) is 0. The van der Waals surface area contributed by atoms with Crippen LogP contribution in [0.3, 0.4) is 0 Å². The molecule has 0 bridgehead atoms. The van der Waals surface area contributed by atoms with Crippen molar-refractivity contribution in [3.63, 3.8) is 0 Å². The Morgan fingerprint density at radius 1 is 1.50 bits per heavy atom. The zero-order valence-electron chi connectivity index (χ0n) is 9.17. The normalized spacial score (nSPS) is 31.1. The second-order valence-electron chi connectivity index (χ2n) is 3.69. The first kappa shape index (κ1) is 14.8. The van der Waals surface area contributed by atoms with E-state index in [1.807, 2.05) is 0 Å². The summed E-state index contributed by atoms with van der Waals surface area (Å²) in [5.74, 6) is -0.307. The largest absolute Gasteiger partial charge is 0.394 e. The highest BCUT2D eigenvalue weighted by Gasteiger charge is 2.43. The van der Waals surface area contributed by atoms with Crippen LogP contribution in [0.5, 0.6) is 0 Å². The number of amidine groups is 1. The van der Waals surface area contributed by atoms with Crippen LogP contribution in [0.25, 0.3) is 0 Å². The molecule has 0 spiro atoms. The van der Waals surface area contributed by atoms with Crippen LogP contribution in [-0.4, -0.2) is 60.8 Å². The fourth-order valence-corrected chi connectivity index (χ4v) is 1.62. The molecule has 1 fully saturated rings. The molecule has 0 aliphatic carbocycles. The lowest BCUT2D eigenvalue weighted by atomic mass is 10.6. The van der Waals surface area contributed by atoms with E-state index in [4.69, 9.17) is 21.0 Å². The summed E-state index contributed by atoms with van der Waals surface area (Å²) in [5, 5.41) is 39.1. The van der Waals surface area contributed by atoms with Crippen LogP contribution < -0.4 is 5.73 Å². The summed E-state index contributed by atoms with van der Waals surface area (Å²) >= 11 is 0. The topological polar surface area (TPSA) is 150 Å². The first-order valence-electron chi connectivity index (χ1n) is 4.92. The summed E-state index contributed by atoms with van der Waals surface area (Å²) < 4.78 is 6.37. The SMILES string of the molecule is Cl.N=C(N)c1ncn([13C@@H]2O[13C@H]([13CH2]O)[13CH](O)[13C@@H]2O)n1. The molecule has 18 heavy (non-hydrogen) atoms. The molecule has 9 nitrogen and oxygen atoms in total. The molecule has 0 amide bonds. The van der Waals surface area contributed by atoms with E-state index in [0.717, 1.165) is 4.68 Å². The number of nitrogens with one attached hydrogen (secondary N) is 1. The maximum Gasteiger partial charge on any atom is 0.215 e. The van der Waals surface area contributed by atoms with Crippen LogP contribution in [0, 0.1) is 5.41 Å². The van der Waals surface area contributed by atoms with Crippen LogP contribution in [0.2, 0.25) is 0 Å². The van der Waals surface area contributed by atoms with Crippen LogP contribution in [0.1, 0.15) is 12.1 Å². The molecule has 0 saturated carbocycles. The summed E-state index contributed by atoms with van der Waals surface area (Å²) in [4.78, 5) is 3.74. The van der Waals surface area contributed by atoms with Gasteiger partial charge < -0.3 is 25.8 Å². The van der Waals surface area contributed by atoms with E-state index in [-0.39, 0.29) is 24.1 Å². The lowest BCUT2D eigenvalue weighted by molar-refractivity contribution is -0.0588. The van der Waals surface area contributed by atoms with Gasteiger partial charge in [0.2, 0.25) is 5.82 Å². The van der Waals surface area contributed by atoms with Gasteiger partial charge in [-0.15, -0.1) is 17.5 Å². The van der Waals surface area contributed by atoms with Gasteiger partial charge in [-0.05, 0) is 0 Å². The number of aliphatic hydroxyl groups is 3. The van der Waals surface area contributed by atoms with E-state index in [2.05, 4.69) is 10.1 Å². The maximum absolute atomic E-state index is 9.70. The minimum absolute atomic E-state index is 0. The summed E-state index contributed by atoms with van der Waals surface area (Å²) in [6.07, 6.45) is -3.02. The highest BCUT2D eigenvalue weighted by Crippen LogP contribution is 2.28. The van der Waals surface area contributed by atoms with Crippen molar-refractivity contribution in [2.75, 3.05) is 6.61 Å². The number of ether oxygens (including phenoxy) is 1. The fraction of sp³-hybridized carbons (Fsp3) is 0.625. The molecule has 6 N–H and O–H groups in total. The Kier molecular flexibility index (Phi) is 4.59. The van der Waals surface area contributed by atoms with Gasteiger partial charge >= 0.3 is 0 Å². The van der Waals surface area contributed by atoms with Crippen molar-refractivity contribution in [2.24, 2.45) is 5.73 Å². The second-order valence-corrected chi connectivity index (χ2v) is 3.69. The van der Waals surface area contributed by atoms with Crippen molar-refractivity contribution in [1.82, 2.24) is 14.8 Å². The number of nitrogens with two attached hydrogens (primary N) is 1. The molecule has 102 valence electrons. The minimum Gasteiger partial charge on any atom is -0.394 e. The monoisotopic (exact) mass is 284 g/mol. The van der Waals surface area contributed by atoms with E-state index in [0.29, 0.717) is 0 Å². The third-order valence-corrected chi connectivity index (χ3v) is 2.53. The second kappa shape index (κ2) is 5.59. The van der Waals surface area contributed by atoms with Gasteiger partial charge in [-0.25, -0.2) is 9.67 Å². The third kappa shape index (κ3) is 2.44. The van der Waals surface area contributed by atoms with E-state index in [1.165, 1.54) is 6.33 Å². The average molecular weight is 285 g/mol. The van der Waals surface area contributed by atoms with Gasteiger partial charge in [0, 0.05) is 0 Å². The van der Waals surface area contributed by atoms with Gasteiger partial charge in [-0.2, -0.15) is 0 Å². The van der Waals surface area contributed by atoms with Gasteiger partial charge in [-0.1, -0.05) is 0 Å². The van der Waals surface area contributed by atoms with Gasteiger partial charge in [0.25, 0.3) is 0 Å². The molecule has 1 aromatic rings. The number of nitrogen functional groups attached to an aromatic ring is 1. The predicted molar refractivity (Wildman–Crippen MR) is 61.3 cm³/mol. The molecular formula is C8H14ClN5O4. The van der Waals surface area contributed by atoms with E-state index in [1.54, 1.807) is 0 Å². The third-order valence-electron chi connectivity index (χ3n) is 2.53. The van der Waals surface area contributed by atoms with Crippen molar-refractivity contribution in [3.05, 3.63) is 12.2 Å². The molecule has 0 radical (unpaired) electrons. The van der Waals surface area contributed by atoms with Crippen molar-refractivity contribution in [1.29, 1.82) is 5.41 Å². The summed E-state index contributed by atoms with van der Waals surface area (Å²) in [6, 6.07) is 0. The molecule has 1 unspecified atom stereocenters. The highest BCUT2D eigenvalue weighted by molar-refractivity contribution is 5.90. The Morgan fingerprint density at radius 3 is 2.61 bits per heavy atom. The zero-order valence-corrected chi connectivity index (χ0v) is 9.99. The van der Waals surface area contributed by atoms with Gasteiger partial charge in [-0.3, -0.25) is 5.41 Å². The van der Waals surface area contributed by atoms with Crippen LogP contribution in [-0.2, 0) is 4.74 Å². The molecular weight excluding hydrogens is 271 g/mol. The number of hydrogen-bond donors (Lipinski definition) is 5. The smallest absolute Gasteiger partial charge is 0.215 e.